The lowest BCUT2D eigenvalue weighted by atomic mass is 9.54. The Balaban J connectivity index is 1.81. The molecule has 1 unspecified atom stereocenters. The van der Waals surface area contributed by atoms with Gasteiger partial charge >= 0.3 is 0 Å². The lowest BCUT2D eigenvalue weighted by Gasteiger charge is -2.53. The van der Waals surface area contributed by atoms with Gasteiger partial charge in [0, 0.05) is 18.0 Å². The molecule has 0 bridgehead atoms. The highest BCUT2D eigenvalue weighted by Gasteiger charge is 2.68. The highest BCUT2D eigenvalue weighted by molar-refractivity contribution is 6.25. The number of Topliss-reactive ketones (excluding diaryl/α,β-unsaturated/α-hetero) is 2. The number of ketones is 2. The van der Waals surface area contributed by atoms with Crippen LogP contribution in [0.5, 0.6) is 5.75 Å². The van der Waals surface area contributed by atoms with Crippen LogP contribution in [0.3, 0.4) is 0 Å². The molecule has 15 heteroatoms. The molecular formula is C29H38N4O11. The van der Waals surface area contributed by atoms with Crippen LogP contribution in [0.25, 0.3) is 5.76 Å². The van der Waals surface area contributed by atoms with Gasteiger partial charge in [0.25, 0.3) is 11.0 Å². The van der Waals surface area contributed by atoms with E-state index in [-0.39, 0.29) is 24.5 Å². The van der Waals surface area contributed by atoms with E-state index >= 15 is 0 Å². The summed E-state index contributed by atoms with van der Waals surface area (Å²) in [5.74, 6) is -9.00. The van der Waals surface area contributed by atoms with E-state index in [9.17, 15) is 50.0 Å². The topological polar surface area (TPSA) is 223 Å². The number of hydrogen-bond donors (Lipinski definition) is 6. The molecule has 15 nitrogen and oxygen atoms in total. The SMILES string of the molecule is CCCN(CCO[N+](=O)[O-])C(C)NC(=O)C1=C(O)[C@@]2(O)C(=O)C3=C(O)c4c(O)cccc4[C@H](C)[C@H]3[C@H](O)[C@H]2[C@H](N(C)C)C1=O. The first-order valence-electron chi connectivity index (χ1n) is 14.3. The zero-order valence-electron chi connectivity index (χ0n) is 25.1. The minimum Gasteiger partial charge on any atom is -0.508 e. The van der Waals surface area contributed by atoms with Crippen molar-refractivity contribution in [1.29, 1.82) is 0 Å². The average Bonchev–Trinajstić information content (AvgIpc) is 2.94. The standard InChI is InChI=1S/C29H38N4O11/c1-6-10-32(11-12-44-33(42)43)14(3)30-28(40)20-25(37)22(31(4)5)21-24(36)17-13(2)15-8-7-9-16(34)18(15)23(35)19(17)26(38)29(21,41)27(20)39/h7-9,13-14,17,21-22,24,34-36,39,41H,6,10-12H2,1-5H3,(H,30,40)/t13-,14?,17+,21+,22-,24-,29-/m0/s1. The van der Waals surface area contributed by atoms with Crippen molar-refractivity contribution in [3.63, 3.8) is 0 Å². The van der Waals surface area contributed by atoms with Crippen molar-refractivity contribution in [3.8, 4) is 5.75 Å². The third-order valence-electron chi connectivity index (χ3n) is 8.95. The number of aromatic hydroxyl groups is 1. The average molecular weight is 619 g/mol. The maximum Gasteiger partial charge on any atom is 0.294 e. The number of benzene rings is 1. The van der Waals surface area contributed by atoms with Gasteiger partial charge in [-0.15, -0.1) is 10.1 Å². The summed E-state index contributed by atoms with van der Waals surface area (Å²) in [7, 11) is 2.92. The number of amides is 1. The van der Waals surface area contributed by atoms with Crippen LogP contribution in [0.1, 0.15) is 44.2 Å². The number of carbonyl (C=O) groups is 3. The number of nitrogens with one attached hydrogen (secondary N) is 1. The van der Waals surface area contributed by atoms with Gasteiger partial charge in [-0.2, -0.15) is 0 Å². The molecule has 1 fully saturated rings. The summed E-state index contributed by atoms with van der Waals surface area (Å²) in [4.78, 5) is 59.6. The Hall–Kier alpha value is -4.05. The van der Waals surface area contributed by atoms with E-state index in [2.05, 4.69) is 10.2 Å². The number of carbonyl (C=O) groups excluding carboxylic acids is 3. The summed E-state index contributed by atoms with van der Waals surface area (Å²) in [5.41, 5.74) is -3.96. The van der Waals surface area contributed by atoms with Crippen molar-refractivity contribution >= 4 is 23.2 Å². The highest BCUT2D eigenvalue weighted by atomic mass is 16.9. The van der Waals surface area contributed by atoms with Crippen LogP contribution in [0.2, 0.25) is 0 Å². The maximum absolute atomic E-state index is 14.2. The van der Waals surface area contributed by atoms with Gasteiger partial charge < -0.3 is 35.7 Å². The molecule has 1 amide bonds. The van der Waals surface area contributed by atoms with Crippen LogP contribution >= 0.6 is 0 Å². The molecule has 0 aromatic heterocycles. The molecule has 0 spiro atoms. The molecule has 7 atom stereocenters. The van der Waals surface area contributed by atoms with E-state index in [1.807, 2.05) is 6.92 Å². The van der Waals surface area contributed by atoms with Gasteiger partial charge in [0.2, 0.25) is 5.78 Å². The van der Waals surface area contributed by atoms with Gasteiger partial charge in [0.1, 0.15) is 29.4 Å². The van der Waals surface area contributed by atoms with Gasteiger partial charge in [-0.25, -0.2) is 0 Å². The minimum absolute atomic E-state index is 0.0353. The summed E-state index contributed by atoms with van der Waals surface area (Å²) >= 11 is 0. The molecule has 3 aliphatic rings. The van der Waals surface area contributed by atoms with E-state index in [1.54, 1.807) is 30.9 Å². The molecular weight excluding hydrogens is 580 g/mol. The largest absolute Gasteiger partial charge is 0.508 e. The molecule has 0 saturated heterocycles. The van der Waals surface area contributed by atoms with E-state index < -0.39 is 86.9 Å². The van der Waals surface area contributed by atoms with Crippen LogP contribution in [0.15, 0.2) is 35.1 Å². The predicted molar refractivity (Wildman–Crippen MR) is 154 cm³/mol. The van der Waals surface area contributed by atoms with Crippen LogP contribution in [-0.4, -0.2) is 116 Å². The number of aliphatic hydroxyl groups excluding tert-OH is 3. The molecule has 3 aliphatic carbocycles. The minimum atomic E-state index is -3.00. The fraction of sp³-hybridized carbons (Fsp3) is 0.552. The van der Waals surface area contributed by atoms with Crippen molar-refractivity contribution in [2.75, 3.05) is 33.8 Å². The van der Waals surface area contributed by atoms with Gasteiger partial charge in [0.15, 0.2) is 11.4 Å². The van der Waals surface area contributed by atoms with Crippen molar-refractivity contribution < 1.29 is 49.8 Å². The van der Waals surface area contributed by atoms with Gasteiger partial charge in [0.05, 0.1) is 29.8 Å². The van der Waals surface area contributed by atoms with E-state index in [0.717, 1.165) is 0 Å². The Labute approximate surface area is 253 Å². The molecule has 1 aromatic rings. The Kier molecular flexibility index (Phi) is 9.07. The van der Waals surface area contributed by atoms with Gasteiger partial charge in [-0.05, 0) is 51.5 Å². The third-order valence-corrected chi connectivity index (χ3v) is 8.95. The second-order valence-electron chi connectivity index (χ2n) is 11.7. The monoisotopic (exact) mass is 618 g/mol. The third kappa shape index (κ3) is 5.08. The van der Waals surface area contributed by atoms with Crippen molar-refractivity contribution in [2.24, 2.45) is 11.8 Å². The predicted octanol–water partition coefficient (Wildman–Crippen LogP) is 0.393. The molecule has 240 valence electrons. The number of phenolic OH excluding ortho intramolecular Hbond substituents is 1. The number of hydrogen-bond acceptors (Lipinski definition) is 13. The summed E-state index contributed by atoms with van der Waals surface area (Å²) in [6.07, 6.45) is -1.90. The number of nitrogens with zero attached hydrogens (tertiary/aromatic N) is 3. The van der Waals surface area contributed by atoms with Crippen LogP contribution in [0, 0.1) is 22.0 Å². The number of phenols is 1. The molecule has 0 radical (unpaired) electrons. The summed E-state index contributed by atoms with van der Waals surface area (Å²) in [6, 6.07) is 3.01. The Morgan fingerprint density at radius 2 is 1.86 bits per heavy atom. The van der Waals surface area contributed by atoms with Crippen molar-refractivity contribution in [3.05, 3.63) is 56.3 Å². The molecule has 0 heterocycles. The number of fused-ring (bicyclic) bond motifs is 3. The molecule has 0 aliphatic heterocycles. The van der Waals surface area contributed by atoms with E-state index in [4.69, 9.17) is 0 Å². The highest BCUT2D eigenvalue weighted by Crippen LogP contribution is 2.56. The van der Waals surface area contributed by atoms with Crippen molar-refractivity contribution in [2.45, 2.75) is 57.0 Å². The fourth-order valence-corrected chi connectivity index (χ4v) is 6.93. The lowest BCUT2D eigenvalue weighted by molar-refractivity contribution is -0.757. The molecule has 4 rings (SSSR count). The zero-order valence-corrected chi connectivity index (χ0v) is 25.1. The normalized spacial score (nSPS) is 28.9. The van der Waals surface area contributed by atoms with E-state index in [1.165, 1.54) is 25.1 Å². The summed E-state index contributed by atoms with van der Waals surface area (Å²) < 4.78 is 0. The van der Waals surface area contributed by atoms with Gasteiger partial charge in [-0.1, -0.05) is 26.0 Å². The Bertz CT molecular complexity index is 1440. The molecule has 44 heavy (non-hydrogen) atoms. The molecule has 1 aromatic carbocycles. The first-order valence-corrected chi connectivity index (χ1v) is 14.3. The first kappa shape index (κ1) is 32.9. The van der Waals surface area contributed by atoms with Crippen LogP contribution < -0.4 is 5.32 Å². The maximum atomic E-state index is 14.2. The van der Waals surface area contributed by atoms with Gasteiger partial charge in [-0.3, -0.25) is 24.2 Å². The second kappa shape index (κ2) is 12.1. The summed E-state index contributed by atoms with van der Waals surface area (Å²) in [5, 5.41) is 69.1. The second-order valence-corrected chi connectivity index (χ2v) is 11.7. The van der Waals surface area contributed by atoms with Crippen LogP contribution in [-0.2, 0) is 19.2 Å². The number of rotatable bonds is 10. The Morgan fingerprint density at radius 3 is 2.45 bits per heavy atom. The zero-order chi connectivity index (χ0) is 32.8. The van der Waals surface area contributed by atoms with Crippen molar-refractivity contribution in [1.82, 2.24) is 15.1 Å². The number of likely N-dealkylation sites (N-methyl/N-ethyl adjacent to an activating group) is 1. The summed E-state index contributed by atoms with van der Waals surface area (Å²) in [6.45, 7) is 5.16. The number of aliphatic hydroxyl groups is 4. The quantitative estimate of drug-likeness (QED) is 0.0905. The fourth-order valence-electron chi connectivity index (χ4n) is 6.93. The smallest absolute Gasteiger partial charge is 0.294 e. The molecule has 6 N–H and O–H groups in total. The Morgan fingerprint density at radius 1 is 1.20 bits per heavy atom. The van der Waals surface area contributed by atoms with Crippen LogP contribution in [0.4, 0.5) is 0 Å². The molecule has 1 saturated carbocycles. The first-order chi connectivity index (χ1) is 20.6. The van der Waals surface area contributed by atoms with E-state index in [0.29, 0.717) is 18.5 Å². The lowest BCUT2D eigenvalue weighted by Crippen LogP contribution is -2.70.